The van der Waals surface area contributed by atoms with Gasteiger partial charge in [0, 0.05) is 22.6 Å². The third kappa shape index (κ3) is 2.54. The van der Waals surface area contributed by atoms with Crippen LogP contribution >= 0.6 is 22.6 Å². The van der Waals surface area contributed by atoms with Gasteiger partial charge in [0.15, 0.2) is 5.83 Å². The predicted octanol–water partition coefficient (Wildman–Crippen LogP) is 2.89. The van der Waals surface area contributed by atoms with Crippen molar-refractivity contribution >= 4 is 22.6 Å². The summed E-state index contributed by atoms with van der Waals surface area (Å²) in [4.78, 5) is 0. The van der Waals surface area contributed by atoms with Gasteiger partial charge in [0.1, 0.15) is 0 Å². The van der Waals surface area contributed by atoms with Crippen LogP contribution in [0.15, 0.2) is 11.9 Å². The Labute approximate surface area is 58.9 Å². The van der Waals surface area contributed by atoms with Gasteiger partial charge in [0.2, 0.25) is 0 Å². The van der Waals surface area contributed by atoms with Gasteiger partial charge in [-0.3, -0.25) is 0 Å². The zero-order valence-corrected chi connectivity index (χ0v) is 6.25. The summed E-state index contributed by atoms with van der Waals surface area (Å²) in [6.07, 6.45) is 0.742. The van der Waals surface area contributed by atoms with E-state index in [0.29, 0.717) is 0 Å². The van der Waals surface area contributed by atoms with Crippen molar-refractivity contribution in [2.75, 3.05) is 0 Å². The highest BCUT2D eigenvalue weighted by molar-refractivity contribution is 14.1. The second-order valence-corrected chi connectivity index (χ2v) is 2.49. The molecule has 0 aromatic rings. The third-order valence-electron chi connectivity index (χ3n) is 0.524. The Morgan fingerprint density at radius 2 is 2.00 bits per heavy atom. The molecule has 0 unspecified atom stereocenters. The average molecular weight is 236 g/mol. The highest BCUT2D eigenvalue weighted by atomic mass is 127. The third-order valence-corrected chi connectivity index (χ3v) is 1.04. The summed E-state index contributed by atoms with van der Waals surface area (Å²) in [5.41, 5.74) is 0. The van der Waals surface area contributed by atoms with Crippen LogP contribution < -0.4 is 0 Å². The molecule has 0 saturated carbocycles. The Bertz CT molecular complexity index is 102. The van der Waals surface area contributed by atoms with E-state index in [1.54, 1.807) is 0 Å². The lowest BCUT2D eigenvalue weighted by molar-refractivity contribution is 0.139. The number of rotatable bonds is 1. The van der Waals surface area contributed by atoms with Gasteiger partial charge in [-0.25, -0.2) is 4.39 Å². The molecule has 0 N–H and O–H groups in total. The minimum atomic E-state index is -3.33. The molecule has 0 aromatic carbocycles. The van der Waals surface area contributed by atoms with E-state index in [-0.39, 0.29) is 0 Å². The van der Waals surface area contributed by atoms with E-state index in [2.05, 4.69) is 0 Å². The summed E-state index contributed by atoms with van der Waals surface area (Å²) >= 11 is 0.726. The second-order valence-electron chi connectivity index (χ2n) is 1.13. The second kappa shape index (κ2) is 2.70. The van der Waals surface area contributed by atoms with Crippen LogP contribution in [0, 0.1) is 0 Å². The van der Waals surface area contributed by atoms with Crippen molar-refractivity contribution in [1.82, 2.24) is 0 Å². The SMILES string of the molecule is CC=C(F)C(F)(F)I. The molecule has 0 nitrogen and oxygen atoms in total. The smallest absolute Gasteiger partial charge is 0.205 e. The highest BCUT2D eigenvalue weighted by Gasteiger charge is 2.29. The molecule has 48 valence electrons. The van der Waals surface area contributed by atoms with Crippen LogP contribution in [0.5, 0.6) is 0 Å². The number of hydrogen-bond donors (Lipinski definition) is 0. The Morgan fingerprint density at radius 1 is 1.62 bits per heavy atom. The highest BCUT2D eigenvalue weighted by Crippen LogP contribution is 2.31. The minimum Gasteiger partial charge on any atom is -0.205 e. The van der Waals surface area contributed by atoms with Gasteiger partial charge in [0.05, 0.1) is 0 Å². The Hall–Kier alpha value is 0.260. The molecule has 4 heteroatoms. The maximum absolute atomic E-state index is 11.7. The Morgan fingerprint density at radius 3 is 2.00 bits per heavy atom. The molecular formula is C4H4F3I. The van der Waals surface area contributed by atoms with Gasteiger partial charge in [-0.2, -0.15) is 8.78 Å². The van der Waals surface area contributed by atoms with Crippen molar-refractivity contribution in [2.45, 2.75) is 10.9 Å². The van der Waals surface area contributed by atoms with Crippen molar-refractivity contribution in [3.63, 3.8) is 0 Å². The number of halogens is 4. The van der Waals surface area contributed by atoms with Gasteiger partial charge >= 0.3 is 3.93 Å². The summed E-state index contributed by atoms with van der Waals surface area (Å²) in [5.74, 6) is -1.39. The lowest BCUT2D eigenvalue weighted by atomic mass is 10.5. The topological polar surface area (TPSA) is 0 Å². The molecule has 0 bridgehead atoms. The first-order chi connectivity index (χ1) is 3.48. The fourth-order valence-corrected chi connectivity index (χ4v) is 0.475. The first-order valence-corrected chi connectivity index (χ1v) is 2.95. The van der Waals surface area contributed by atoms with Crippen molar-refractivity contribution in [3.8, 4) is 0 Å². The summed E-state index contributed by atoms with van der Waals surface area (Å²) in [6.45, 7) is 1.22. The summed E-state index contributed by atoms with van der Waals surface area (Å²) in [7, 11) is 0. The lowest BCUT2D eigenvalue weighted by Gasteiger charge is -2.01. The van der Waals surface area contributed by atoms with E-state index in [1.807, 2.05) is 0 Å². The maximum atomic E-state index is 11.7. The standard InChI is InChI=1S/C4H4F3I/c1-2-3(5)4(6,7)8/h2H,1H3. The first kappa shape index (κ1) is 8.26. The van der Waals surface area contributed by atoms with Gasteiger partial charge < -0.3 is 0 Å². The largest absolute Gasteiger partial charge is 0.346 e. The molecule has 0 amide bonds. The Kier molecular flexibility index (Phi) is 2.79. The van der Waals surface area contributed by atoms with E-state index < -0.39 is 9.76 Å². The quantitative estimate of drug-likeness (QED) is 0.485. The fraction of sp³-hybridized carbons (Fsp3) is 0.500. The number of allylic oxidation sites excluding steroid dienone is 2. The van der Waals surface area contributed by atoms with Crippen molar-refractivity contribution < 1.29 is 13.2 Å². The molecule has 0 aliphatic carbocycles. The van der Waals surface area contributed by atoms with Crippen molar-refractivity contribution in [3.05, 3.63) is 11.9 Å². The van der Waals surface area contributed by atoms with Gasteiger partial charge in [0.25, 0.3) is 0 Å². The normalized spacial score (nSPS) is 14.4. The van der Waals surface area contributed by atoms with E-state index >= 15 is 0 Å². The molecule has 0 aromatic heterocycles. The van der Waals surface area contributed by atoms with Crippen LogP contribution in [0.3, 0.4) is 0 Å². The lowest BCUT2D eigenvalue weighted by Crippen LogP contribution is -2.03. The minimum absolute atomic E-state index is 0.726. The van der Waals surface area contributed by atoms with E-state index in [4.69, 9.17) is 0 Å². The average Bonchev–Trinajstić information content (AvgIpc) is 1.62. The van der Waals surface area contributed by atoms with Crippen LogP contribution in [0.25, 0.3) is 0 Å². The summed E-state index contributed by atoms with van der Waals surface area (Å²) < 4.78 is 31.7. The molecule has 0 spiro atoms. The van der Waals surface area contributed by atoms with Crippen molar-refractivity contribution in [1.29, 1.82) is 0 Å². The van der Waals surface area contributed by atoms with Gasteiger partial charge in [-0.1, -0.05) is 0 Å². The molecule has 0 aliphatic heterocycles. The van der Waals surface area contributed by atoms with Crippen LogP contribution in [-0.4, -0.2) is 3.93 Å². The van der Waals surface area contributed by atoms with E-state index in [9.17, 15) is 13.2 Å². The van der Waals surface area contributed by atoms with Crippen LogP contribution in [-0.2, 0) is 0 Å². The first-order valence-electron chi connectivity index (χ1n) is 1.87. The number of hydrogen-bond acceptors (Lipinski definition) is 0. The summed E-state index contributed by atoms with van der Waals surface area (Å²) in [5, 5.41) is 0. The molecule has 0 rings (SSSR count). The van der Waals surface area contributed by atoms with Crippen molar-refractivity contribution in [2.24, 2.45) is 0 Å². The molecule has 8 heavy (non-hydrogen) atoms. The van der Waals surface area contributed by atoms with Gasteiger partial charge in [-0.05, 0) is 13.0 Å². The fourth-order valence-electron chi connectivity index (χ4n) is 0.164. The monoisotopic (exact) mass is 236 g/mol. The molecule has 0 saturated heterocycles. The van der Waals surface area contributed by atoms with E-state index in [0.717, 1.165) is 28.7 Å². The van der Waals surface area contributed by atoms with Crippen LogP contribution in [0.2, 0.25) is 0 Å². The maximum Gasteiger partial charge on any atom is 0.346 e. The van der Waals surface area contributed by atoms with Crippen LogP contribution in [0.1, 0.15) is 6.92 Å². The summed E-state index contributed by atoms with van der Waals surface area (Å²) in [6, 6.07) is 0. The predicted molar refractivity (Wildman–Crippen MR) is 33.8 cm³/mol. The molecule has 0 fully saturated rings. The Balaban J connectivity index is 4.03. The molecule has 0 heterocycles. The van der Waals surface area contributed by atoms with Gasteiger partial charge in [-0.15, -0.1) is 0 Å². The van der Waals surface area contributed by atoms with Crippen LogP contribution in [0.4, 0.5) is 13.2 Å². The zero-order chi connectivity index (χ0) is 6.78. The molecule has 0 aliphatic rings. The molecular weight excluding hydrogens is 232 g/mol. The molecule has 0 radical (unpaired) electrons. The zero-order valence-electron chi connectivity index (χ0n) is 4.09. The molecule has 0 atom stereocenters. The van der Waals surface area contributed by atoms with E-state index in [1.165, 1.54) is 6.92 Å². The number of alkyl halides is 3.